The lowest BCUT2D eigenvalue weighted by Gasteiger charge is -2.16. The average Bonchev–Trinajstić information content (AvgIpc) is 3.33. The van der Waals surface area contributed by atoms with Crippen LogP contribution in [0.3, 0.4) is 0 Å². The monoisotopic (exact) mass is 381 g/mol. The van der Waals surface area contributed by atoms with Gasteiger partial charge in [-0.2, -0.15) is 4.98 Å². The second kappa shape index (κ2) is 7.49. The van der Waals surface area contributed by atoms with E-state index in [1.165, 1.54) is 6.33 Å². The Morgan fingerprint density at radius 3 is 2.71 bits per heavy atom. The summed E-state index contributed by atoms with van der Waals surface area (Å²) in [7, 11) is 0. The van der Waals surface area contributed by atoms with E-state index >= 15 is 0 Å². The van der Waals surface area contributed by atoms with Crippen LogP contribution >= 0.6 is 0 Å². The maximum Gasteiger partial charge on any atom is 0.245 e. The molecule has 0 bridgehead atoms. The van der Waals surface area contributed by atoms with Crippen LogP contribution in [-0.4, -0.2) is 59.5 Å². The van der Waals surface area contributed by atoms with Crippen LogP contribution in [-0.2, 0) is 11.3 Å². The van der Waals surface area contributed by atoms with Crippen molar-refractivity contribution in [3.8, 4) is 17.3 Å². The molecule has 0 radical (unpaired) electrons. The Kier molecular flexibility index (Phi) is 4.89. The van der Waals surface area contributed by atoms with E-state index in [9.17, 15) is 4.79 Å². The van der Waals surface area contributed by atoms with Crippen molar-refractivity contribution in [3.63, 3.8) is 0 Å². The van der Waals surface area contributed by atoms with Gasteiger partial charge in [-0.1, -0.05) is 6.92 Å². The molecule has 1 fully saturated rings. The van der Waals surface area contributed by atoms with E-state index in [4.69, 9.17) is 9.72 Å². The number of hydrogen-bond donors (Lipinski definition) is 0. The van der Waals surface area contributed by atoms with Crippen LogP contribution in [0.2, 0.25) is 0 Å². The van der Waals surface area contributed by atoms with Gasteiger partial charge < -0.3 is 14.2 Å². The van der Waals surface area contributed by atoms with Crippen molar-refractivity contribution in [3.05, 3.63) is 24.5 Å². The SMILES string of the molecule is CCC(=O)N1CCC(Oc2ncnc3c2nc(-c2cnc(C)nc2)n3CC)C1. The highest BCUT2D eigenvalue weighted by Crippen LogP contribution is 2.28. The molecule has 1 atom stereocenters. The molecule has 9 heteroatoms. The second-order valence-corrected chi connectivity index (χ2v) is 6.77. The smallest absolute Gasteiger partial charge is 0.245 e. The Hall–Kier alpha value is -3.10. The normalized spacial score (nSPS) is 16.7. The number of likely N-dealkylation sites (tertiary alicyclic amines) is 1. The summed E-state index contributed by atoms with van der Waals surface area (Å²) in [4.78, 5) is 35.8. The van der Waals surface area contributed by atoms with Crippen LogP contribution in [0.1, 0.15) is 32.5 Å². The summed E-state index contributed by atoms with van der Waals surface area (Å²) in [5.74, 6) is 2.04. The number of nitrogens with zero attached hydrogens (tertiary/aromatic N) is 7. The predicted octanol–water partition coefficient (Wildman–Crippen LogP) is 2.00. The van der Waals surface area contributed by atoms with Crippen LogP contribution in [0.15, 0.2) is 18.7 Å². The van der Waals surface area contributed by atoms with E-state index in [2.05, 4.69) is 19.9 Å². The van der Waals surface area contributed by atoms with E-state index in [0.29, 0.717) is 48.9 Å². The van der Waals surface area contributed by atoms with Crippen LogP contribution in [0.4, 0.5) is 0 Å². The minimum atomic E-state index is -0.0912. The molecule has 1 amide bonds. The lowest BCUT2D eigenvalue weighted by atomic mass is 10.3. The minimum absolute atomic E-state index is 0.0912. The molecule has 1 saturated heterocycles. The van der Waals surface area contributed by atoms with E-state index in [1.807, 2.05) is 30.2 Å². The molecule has 28 heavy (non-hydrogen) atoms. The highest BCUT2D eigenvalue weighted by atomic mass is 16.5. The van der Waals surface area contributed by atoms with Crippen molar-refractivity contribution in [1.82, 2.24) is 34.4 Å². The summed E-state index contributed by atoms with van der Waals surface area (Å²) >= 11 is 0. The highest BCUT2D eigenvalue weighted by Gasteiger charge is 2.28. The average molecular weight is 381 g/mol. The molecule has 3 aromatic rings. The van der Waals surface area contributed by atoms with Crippen LogP contribution in [0, 0.1) is 6.92 Å². The van der Waals surface area contributed by atoms with E-state index in [1.54, 1.807) is 12.4 Å². The van der Waals surface area contributed by atoms with Crippen LogP contribution < -0.4 is 4.74 Å². The summed E-state index contributed by atoms with van der Waals surface area (Å²) < 4.78 is 8.13. The Balaban J connectivity index is 1.67. The van der Waals surface area contributed by atoms with Gasteiger partial charge in [0.2, 0.25) is 11.8 Å². The van der Waals surface area contributed by atoms with Crippen LogP contribution in [0.5, 0.6) is 5.88 Å². The number of imidazole rings is 1. The third-order valence-electron chi connectivity index (χ3n) is 4.93. The zero-order valence-corrected chi connectivity index (χ0v) is 16.3. The fourth-order valence-electron chi connectivity index (χ4n) is 3.46. The molecular formula is C19H23N7O2. The Morgan fingerprint density at radius 2 is 2.00 bits per heavy atom. The van der Waals surface area contributed by atoms with Gasteiger partial charge in [0.15, 0.2) is 11.2 Å². The Labute approximate surface area is 162 Å². The molecule has 1 unspecified atom stereocenters. The van der Waals surface area contributed by atoms with Crippen molar-refractivity contribution in [2.45, 2.75) is 46.3 Å². The van der Waals surface area contributed by atoms with E-state index in [0.717, 1.165) is 17.8 Å². The maximum atomic E-state index is 11.9. The molecule has 0 spiro atoms. The summed E-state index contributed by atoms with van der Waals surface area (Å²) in [5, 5.41) is 0. The third kappa shape index (κ3) is 3.28. The molecule has 9 nitrogen and oxygen atoms in total. The quantitative estimate of drug-likeness (QED) is 0.666. The maximum absolute atomic E-state index is 11.9. The van der Waals surface area contributed by atoms with Crippen molar-refractivity contribution >= 4 is 17.1 Å². The summed E-state index contributed by atoms with van der Waals surface area (Å²) in [6, 6.07) is 0. The molecule has 1 aliphatic heterocycles. The number of amides is 1. The van der Waals surface area contributed by atoms with Gasteiger partial charge in [0.05, 0.1) is 12.1 Å². The van der Waals surface area contributed by atoms with Gasteiger partial charge in [0.25, 0.3) is 0 Å². The number of fused-ring (bicyclic) bond motifs is 1. The molecule has 0 aliphatic carbocycles. The molecule has 3 aromatic heterocycles. The third-order valence-corrected chi connectivity index (χ3v) is 4.93. The number of aryl methyl sites for hydroxylation is 2. The first-order valence-corrected chi connectivity index (χ1v) is 9.55. The zero-order valence-electron chi connectivity index (χ0n) is 16.3. The lowest BCUT2D eigenvalue weighted by molar-refractivity contribution is -0.130. The minimum Gasteiger partial charge on any atom is -0.471 e. The number of carbonyl (C=O) groups excluding carboxylic acids is 1. The number of ether oxygens (including phenoxy) is 1. The fourth-order valence-corrected chi connectivity index (χ4v) is 3.46. The summed E-state index contributed by atoms with van der Waals surface area (Å²) in [6.07, 6.45) is 6.21. The summed E-state index contributed by atoms with van der Waals surface area (Å²) in [6.45, 7) is 7.73. The Bertz CT molecular complexity index is 999. The molecular weight excluding hydrogens is 358 g/mol. The topological polar surface area (TPSA) is 98.9 Å². The van der Waals surface area contributed by atoms with Crippen molar-refractivity contribution in [2.75, 3.05) is 13.1 Å². The van der Waals surface area contributed by atoms with Gasteiger partial charge in [0, 0.05) is 38.3 Å². The molecule has 1 aliphatic rings. The Morgan fingerprint density at radius 1 is 1.21 bits per heavy atom. The summed E-state index contributed by atoms with van der Waals surface area (Å²) in [5.41, 5.74) is 2.14. The molecule has 146 valence electrons. The first kappa shape index (κ1) is 18.3. The van der Waals surface area contributed by atoms with Crippen molar-refractivity contribution < 1.29 is 9.53 Å². The lowest BCUT2D eigenvalue weighted by Crippen LogP contribution is -2.30. The molecule has 0 saturated carbocycles. The molecule has 4 rings (SSSR count). The number of aromatic nitrogens is 6. The van der Waals surface area contributed by atoms with Gasteiger partial charge in [-0.15, -0.1) is 0 Å². The van der Waals surface area contributed by atoms with Gasteiger partial charge in [-0.25, -0.2) is 19.9 Å². The zero-order chi connectivity index (χ0) is 19.7. The highest BCUT2D eigenvalue weighted by molar-refractivity contribution is 5.81. The molecule has 4 heterocycles. The van der Waals surface area contributed by atoms with Gasteiger partial charge in [-0.05, 0) is 13.8 Å². The van der Waals surface area contributed by atoms with Gasteiger partial charge in [0.1, 0.15) is 24.1 Å². The standard InChI is InChI=1S/C19H23N7O2/c1-4-15(27)25-7-6-14(10-25)28-19-16-18(22-11-23-19)26(5-2)17(24-16)13-8-20-12(3)21-9-13/h8-9,11,14H,4-7,10H2,1-3H3. The number of carbonyl (C=O) groups is 1. The van der Waals surface area contributed by atoms with E-state index in [-0.39, 0.29) is 12.0 Å². The fraction of sp³-hybridized carbons (Fsp3) is 0.474. The van der Waals surface area contributed by atoms with E-state index < -0.39 is 0 Å². The van der Waals surface area contributed by atoms with Crippen LogP contribution in [0.25, 0.3) is 22.6 Å². The largest absolute Gasteiger partial charge is 0.471 e. The molecule has 0 aromatic carbocycles. The first-order chi connectivity index (χ1) is 13.6. The molecule has 0 N–H and O–H groups in total. The first-order valence-electron chi connectivity index (χ1n) is 9.55. The van der Waals surface area contributed by atoms with Crippen molar-refractivity contribution in [2.24, 2.45) is 0 Å². The number of hydrogen-bond acceptors (Lipinski definition) is 7. The van der Waals surface area contributed by atoms with Gasteiger partial charge >= 0.3 is 0 Å². The van der Waals surface area contributed by atoms with Crippen molar-refractivity contribution in [1.29, 1.82) is 0 Å². The number of rotatable bonds is 5. The van der Waals surface area contributed by atoms with Gasteiger partial charge in [-0.3, -0.25) is 4.79 Å². The second-order valence-electron chi connectivity index (χ2n) is 6.77. The predicted molar refractivity (Wildman–Crippen MR) is 103 cm³/mol.